The van der Waals surface area contributed by atoms with Crippen LogP contribution in [0, 0.1) is 23.2 Å². The van der Waals surface area contributed by atoms with Crippen LogP contribution in [0.25, 0.3) is 26.7 Å². The molecule has 0 saturated carbocycles. The first-order chi connectivity index (χ1) is 16.0. The van der Waals surface area contributed by atoms with Crippen LogP contribution in [-0.2, 0) is 16.6 Å². The molecule has 3 aromatic heterocycles. The number of aromatic nitrogens is 5. The van der Waals surface area contributed by atoms with Crippen molar-refractivity contribution in [2.45, 2.75) is 32.1 Å². The Morgan fingerprint density at radius 3 is 2.88 bits per heavy atom. The quantitative estimate of drug-likeness (QED) is 0.446. The molecule has 0 amide bonds. The largest absolute Gasteiger partial charge is 0.293 e. The van der Waals surface area contributed by atoms with E-state index in [9.17, 15) is 10.1 Å². The van der Waals surface area contributed by atoms with Crippen LogP contribution >= 0.6 is 11.3 Å². The minimum atomic E-state index is -0.526. The summed E-state index contributed by atoms with van der Waals surface area (Å²) in [6.45, 7) is 4.08. The third-order valence-corrected chi connectivity index (χ3v) is 8.12. The summed E-state index contributed by atoms with van der Waals surface area (Å²) in [4.78, 5) is 26.2. The van der Waals surface area contributed by atoms with Crippen LogP contribution in [0.1, 0.15) is 31.5 Å². The zero-order chi connectivity index (χ0) is 22.7. The summed E-state index contributed by atoms with van der Waals surface area (Å²) in [5.41, 5.74) is 4.29. The summed E-state index contributed by atoms with van der Waals surface area (Å²) >= 11 is 1.58. The van der Waals surface area contributed by atoms with E-state index < -0.39 is 5.41 Å². The highest BCUT2D eigenvalue weighted by molar-refractivity contribution is 7.20. The number of rotatable bonds is 2. The number of hydrogen-bond donors (Lipinski definition) is 0. The van der Waals surface area contributed by atoms with E-state index in [0.717, 1.165) is 50.8 Å². The Labute approximate surface area is 194 Å². The van der Waals surface area contributed by atoms with Gasteiger partial charge < -0.3 is 0 Å². The Kier molecular flexibility index (Phi) is 4.32. The molecular formula is C25H20N6OS. The topological polar surface area (TPSA) is 97.4 Å². The van der Waals surface area contributed by atoms with Crippen LogP contribution in [0.5, 0.6) is 0 Å². The van der Waals surface area contributed by atoms with Crippen molar-refractivity contribution in [2.75, 3.05) is 0 Å². The maximum atomic E-state index is 12.8. The van der Waals surface area contributed by atoms with Gasteiger partial charge in [-0.2, -0.15) is 10.4 Å². The molecule has 0 aliphatic heterocycles. The van der Waals surface area contributed by atoms with Gasteiger partial charge in [-0.15, -0.1) is 0 Å². The van der Waals surface area contributed by atoms with Crippen molar-refractivity contribution in [2.24, 2.45) is 11.8 Å². The number of thiazole rings is 1. The van der Waals surface area contributed by atoms with Crippen LogP contribution in [0.15, 0.2) is 54.5 Å². The molecule has 2 aliphatic rings. The summed E-state index contributed by atoms with van der Waals surface area (Å²) in [5, 5.41) is 15.5. The molecule has 0 radical (unpaired) electrons. The van der Waals surface area contributed by atoms with E-state index in [0.29, 0.717) is 0 Å². The second-order valence-corrected chi connectivity index (χ2v) is 9.91. The fourth-order valence-electron chi connectivity index (χ4n) is 5.57. The number of nitrogens with zero attached hydrogens (tertiary/aromatic N) is 6. The van der Waals surface area contributed by atoms with Gasteiger partial charge in [-0.05, 0) is 37.0 Å². The molecule has 0 fully saturated rings. The molecule has 1 aromatic carbocycles. The maximum absolute atomic E-state index is 12.8. The van der Waals surface area contributed by atoms with Gasteiger partial charge in [-0.25, -0.2) is 19.6 Å². The zero-order valence-corrected chi connectivity index (χ0v) is 19.0. The van der Waals surface area contributed by atoms with E-state index in [-0.39, 0.29) is 23.2 Å². The van der Waals surface area contributed by atoms with Crippen molar-refractivity contribution < 1.29 is 4.79 Å². The average Bonchev–Trinajstić information content (AvgIpc) is 3.44. The number of carbonyl (C=O) groups is 1. The van der Waals surface area contributed by atoms with Crippen molar-refractivity contribution in [3.63, 3.8) is 0 Å². The lowest BCUT2D eigenvalue weighted by Gasteiger charge is -2.45. The zero-order valence-electron chi connectivity index (χ0n) is 18.2. The molecule has 0 bridgehead atoms. The van der Waals surface area contributed by atoms with Gasteiger partial charge in [0.05, 0.1) is 27.2 Å². The van der Waals surface area contributed by atoms with E-state index in [1.54, 1.807) is 17.5 Å². The number of fused-ring (bicyclic) bond motifs is 4. The Hall–Kier alpha value is -3.70. The monoisotopic (exact) mass is 452 g/mol. The molecule has 0 spiro atoms. The maximum Gasteiger partial charge on any atom is 0.211 e. The molecule has 0 unspecified atom stereocenters. The molecule has 3 heterocycles. The highest BCUT2D eigenvalue weighted by atomic mass is 32.1. The van der Waals surface area contributed by atoms with E-state index in [4.69, 9.17) is 10.1 Å². The van der Waals surface area contributed by atoms with Gasteiger partial charge in [0.15, 0.2) is 5.78 Å². The van der Waals surface area contributed by atoms with Gasteiger partial charge >= 0.3 is 0 Å². The Bertz CT molecular complexity index is 1460. The smallest absolute Gasteiger partial charge is 0.211 e. The predicted octanol–water partition coefficient (Wildman–Crippen LogP) is 4.43. The van der Waals surface area contributed by atoms with Gasteiger partial charge in [-0.3, -0.25) is 4.79 Å². The molecule has 4 aromatic rings. The molecule has 7 nitrogen and oxygen atoms in total. The lowest BCUT2D eigenvalue weighted by molar-refractivity contribution is -0.121. The van der Waals surface area contributed by atoms with Crippen LogP contribution in [0.3, 0.4) is 0 Å². The van der Waals surface area contributed by atoms with Crippen molar-refractivity contribution in [3.05, 3.63) is 65.8 Å². The average molecular weight is 453 g/mol. The van der Waals surface area contributed by atoms with Gasteiger partial charge in [0.2, 0.25) is 5.13 Å². The van der Waals surface area contributed by atoms with Crippen molar-refractivity contribution in [1.82, 2.24) is 24.7 Å². The Morgan fingerprint density at radius 1 is 1.27 bits per heavy atom. The number of allylic oxidation sites excluding steroid dienone is 2. The van der Waals surface area contributed by atoms with Gasteiger partial charge in [0, 0.05) is 23.1 Å². The van der Waals surface area contributed by atoms with Crippen LogP contribution in [0.4, 0.5) is 0 Å². The summed E-state index contributed by atoms with van der Waals surface area (Å²) in [5.74, 6) is -0.216. The number of carbonyl (C=O) groups excluding carboxylic acids is 1. The number of ketones is 1. The lowest BCUT2D eigenvalue weighted by atomic mass is 9.58. The predicted molar refractivity (Wildman–Crippen MR) is 125 cm³/mol. The standard InChI is InChI=1S/C25H20N6OS/c1-14-17-8-7-16-21(19-9-10-27-13-28-19)30-31(24-29-18-5-3-4-6-20(18)33-24)23(16)25(17,2)11-15(12-26)22(14)32/h3-6,9-11,13-14,17H,7-8H2,1-2H3/t14-,17-,25-/m1/s1. The highest BCUT2D eigenvalue weighted by Crippen LogP contribution is 2.52. The van der Waals surface area contributed by atoms with E-state index in [2.05, 4.69) is 29.0 Å². The molecule has 162 valence electrons. The molecule has 2 aliphatic carbocycles. The normalized spacial score (nSPS) is 24.2. The Balaban J connectivity index is 1.67. The summed E-state index contributed by atoms with van der Waals surface area (Å²) in [7, 11) is 0. The fraction of sp³-hybridized carbons (Fsp3) is 0.280. The minimum absolute atomic E-state index is 0.0644. The molecular weight excluding hydrogens is 432 g/mol. The third kappa shape index (κ3) is 2.82. The minimum Gasteiger partial charge on any atom is -0.293 e. The first-order valence-corrected chi connectivity index (χ1v) is 11.7. The first-order valence-electron chi connectivity index (χ1n) is 10.9. The second-order valence-electron chi connectivity index (χ2n) is 8.90. The van der Waals surface area contributed by atoms with Gasteiger partial charge in [-0.1, -0.05) is 43.4 Å². The van der Waals surface area contributed by atoms with Crippen LogP contribution < -0.4 is 0 Å². The van der Waals surface area contributed by atoms with E-state index >= 15 is 0 Å². The van der Waals surface area contributed by atoms with Crippen LogP contribution in [-0.4, -0.2) is 30.5 Å². The van der Waals surface area contributed by atoms with E-state index in [1.807, 2.05) is 41.9 Å². The number of Topliss-reactive ketones (excluding diaryl/α,β-unsaturated/α-hetero) is 1. The Morgan fingerprint density at radius 2 is 2.12 bits per heavy atom. The third-order valence-electron chi connectivity index (χ3n) is 7.10. The van der Waals surface area contributed by atoms with Gasteiger partial charge in [0.25, 0.3) is 0 Å². The first kappa shape index (κ1) is 19.9. The molecule has 0 saturated heterocycles. The summed E-state index contributed by atoms with van der Waals surface area (Å²) < 4.78 is 3.01. The fourth-order valence-corrected chi connectivity index (χ4v) is 6.50. The number of nitriles is 1. The van der Waals surface area contributed by atoms with Gasteiger partial charge in [0.1, 0.15) is 18.1 Å². The lowest BCUT2D eigenvalue weighted by Crippen LogP contribution is -2.46. The molecule has 8 heteroatoms. The second kappa shape index (κ2) is 7.15. The molecule has 3 atom stereocenters. The number of para-hydroxylation sites is 1. The SMILES string of the molecule is C[C@H]1C(=O)C(C#N)=C[C@@]2(C)c3c(c(-c4ccncn4)nn3-c3nc4ccccc4s3)CC[C@H]12. The number of hydrogen-bond acceptors (Lipinski definition) is 7. The summed E-state index contributed by atoms with van der Waals surface area (Å²) in [6, 6.07) is 12.0. The molecule has 6 rings (SSSR count). The van der Waals surface area contributed by atoms with Crippen molar-refractivity contribution >= 4 is 27.3 Å². The number of benzene rings is 1. The van der Waals surface area contributed by atoms with E-state index in [1.165, 1.54) is 6.33 Å². The summed E-state index contributed by atoms with van der Waals surface area (Å²) in [6.07, 6.45) is 6.74. The van der Waals surface area contributed by atoms with Crippen molar-refractivity contribution in [3.8, 4) is 22.6 Å². The van der Waals surface area contributed by atoms with Crippen molar-refractivity contribution in [1.29, 1.82) is 5.26 Å². The van der Waals surface area contributed by atoms with Crippen LogP contribution in [0.2, 0.25) is 0 Å². The highest BCUT2D eigenvalue weighted by Gasteiger charge is 2.51. The molecule has 33 heavy (non-hydrogen) atoms. The molecule has 0 N–H and O–H groups in total.